The second kappa shape index (κ2) is 9.55. The van der Waals surface area contributed by atoms with Crippen molar-refractivity contribution in [2.45, 2.75) is 33.7 Å². The van der Waals surface area contributed by atoms with E-state index in [0.29, 0.717) is 35.4 Å². The van der Waals surface area contributed by atoms with Gasteiger partial charge in [-0.15, -0.1) is 0 Å². The molecule has 2 aromatic heterocycles. The third-order valence-electron chi connectivity index (χ3n) is 4.87. The lowest BCUT2D eigenvalue weighted by molar-refractivity contribution is -0.133. The number of benzene rings is 1. The molecule has 2 heterocycles. The number of fused-ring (bicyclic) bond motifs is 1. The topological polar surface area (TPSA) is 77.3 Å². The quantitative estimate of drug-likeness (QED) is 0.402. The first-order valence-electron chi connectivity index (χ1n) is 10.3. The number of amides is 1. The van der Waals surface area contributed by atoms with E-state index >= 15 is 0 Å². The number of esters is 1. The van der Waals surface area contributed by atoms with Crippen LogP contribution in [-0.2, 0) is 9.53 Å². The van der Waals surface area contributed by atoms with Crippen molar-refractivity contribution in [3.63, 3.8) is 0 Å². The summed E-state index contributed by atoms with van der Waals surface area (Å²) in [6, 6.07) is 11.4. The van der Waals surface area contributed by atoms with E-state index in [1.807, 2.05) is 58.0 Å². The Balaban J connectivity index is 1.94. The van der Waals surface area contributed by atoms with Crippen molar-refractivity contribution in [3.8, 4) is 11.3 Å². The van der Waals surface area contributed by atoms with Gasteiger partial charge in [0.2, 0.25) is 0 Å². The van der Waals surface area contributed by atoms with Crippen LogP contribution < -0.4 is 0 Å². The second-order valence-electron chi connectivity index (χ2n) is 7.78. The SMILES string of the molecule is C=C(C)CN(CC)C(=O)COC(=O)c1cc(-c2ccccc2)nc2c1cnn2C(C)C. The van der Waals surface area contributed by atoms with Gasteiger partial charge in [0.15, 0.2) is 12.3 Å². The van der Waals surface area contributed by atoms with Gasteiger partial charge in [0, 0.05) is 24.7 Å². The molecule has 0 radical (unpaired) electrons. The van der Waals surface area contributed by atoms with Gasteiger partial charge in [-0.05, 0) is 33.8 Å². The van der Waals surface area contributed by atoms with Gasteiger partial charge in [0.05, 0.1) is 22.8 Å². The zero-order valence-electron chi connectivity index (χ0n) is 18.5. The van der Waals surface area contributed by atoms with E-state index in [2.05, 4.69) is 11.7 Å². The minimum absolute atomic E-state index is 0.0710. The second-order valence-corrected chi connectivity index (χ2v) is 7.78. The molecule has 1 amide bonds. The van der Waals surface area contributed by atoms with Crippen molar-refractivity contribution in [1.29, 1.82) is 0 Å². The Morgan fingerprint density at radius 1 is 1.23 bits per heavy atom. The Labute approximate surface area is 182 Å². The maximum atomic E-state index is 13.0. The Morgan fingerprint density at radius 2 is 1.94 bits per heavy atom. The van der Waals surface area contributed by atoms with Crippen molar-refractivity contribution in [1.82, 2.24) is 19.7 Å². The summed E-state index contributed by atoms with van der Waals surface area (Å²) in [6.45, 7) is 12.2. The minimum atomic E-state index is -0.576. The summed E-state index contributed by atoms with van der Waals surface area (Å²) >= 11 is 0. The molecule has 7 nitrogen and oxygen atoms in total. The fourth-order valence-corrected chi connectivity index (χ4v) is 3.32. The number of carbonyl (C=O) groups excluding carboxylic acids is 2. The van der Waals surface area contributed by atoms with Crippen LogP contribution in [0.15, 0.2) is 54.7 Å². The van der Waals surface area contributed by atoms with Crippen LogP contribution >= 0.6 is 0 Å². The normalized spacial score (nSPS) is 11.0. The number of nitrogens with zero attached hydrogens (tertiary/aromatic N) is 4. The molecule has 0 bridgehead atoms. The lowest BCUT2D eigenvalue weighted by Gasteiger charge is -2.20. The van der Waals surface area contributed by atoms with Crippen LogP contribution in [0.2, 0.25) is 0 Å². The van der Waals surface area contributed by atoms with Crippen LogP contribution in [0.3, 0.4) is 0 Å². The number of pyridine rings is 1. The lowest BCUT2D eigenvalue weighted by atomic mass is 10.1. The Kier molecular flexibility index (Phi) is 6.84. The van der Waals surface area contributed by atoms with Gasteiger partial charge < -0.3 is 9.64 Å². The number of likely N-dealkylation sites (N-methyl/N-ethyl adjacent to an activating group) is 1. The molecule has 3 aromatic rings. The highest BCUT2D eigenvalue weighted by molar-refractivity contribution is 6.04. The van der Waals surface area contributed by atoms with Gasteiger partial charge >= 0.3 is 5.97 Å². The van der Waals surface area contributed by atoms with E-state index < -0.39 is 5.97 Å². The van der Waals surface area contributed by atoms with Crippen LogP contribution in [0, 0.1) is 0 Å². The fourth-order valence-electron chi connectivity index (χ4n) is 3.32. The Hall–Kier alpha value is -3.48. The van der Waals surface area contributed by atoms with Crippen LogP contribution in [0.1, 0.15) is 44.1 Å². The molecule has 0 aliphatic rings. The molecule has 1 aromatic carbocycles. The third-order valence-corrected chi connectivity index (χ3v) is 4.87. The van der Waals surface area contributed by atoms with E-state index in [9.17, 15) is 9.59 Å². The predicted octanol–water partition coefficient (Wildman–Crippen LogP) is 4.26. The summed E-state index contributed by atoms with van der Waals surface area (Å²) in [5.41, 5.74) is 3.33. The lowest BCUT2D eigenvalue weighted by Crippen LogP contribution is -2.35. The van der Waals surface area contributed by atoms with E-state index in [1.54, 1.807) is 21.8 Å². The highest BCUT2D eigenvalue weighted by Crippen LogP contribution is 2.26. The molecule has 0 aliphatic carbocycles. The van der Waals surface area contributed by atoms with E-state index in [-0.39, 0.29) is 18.6 Å². The van der Waals surface area contributed by atoms with Crippen molar-refractivity contribution < 1.29 is 14.3 Å². The van der Waals surface area contributed by atoms with Crippen LogP contribution in [-0.4, -0.2) is 51.2 Å². The first kappa shape index (κ1) is 22.2. The minimum Gasteiger partial charge on any atom is -0.452 e. The number of carbonyl (C=O) groups is 2. The summed E-state index contributed by atoms with van der Waals surface area (Å²) in [6.07, 6.45) is 1.62. The Morgan fingerprint density at radius 3 is 2.55 bits per heavy atom. The monoisotopic (exact) mass is 420 g/mol. The van der Waals surface area contributed by atoms with Gasteiger partial charge in [-0.2, -0.15) is 5.10 Å². The number of hydrogen-bond donors (Lipinski definition) is 0. The molecule has 0 unspecified atom stereocenters. The molecule has 0 spiro atoms. The van der Waals surface area contributed by atoms with Gasteiger partial charge in [-0.3, -0.25) is 4.79 Å². The molecule has 3 rings (SSSR count). The molecule has 0 saturated heterocycles. The smallest absolute Gasteiger partial charge is 0.339 e. The van der Waals surface area contributed by atoms with Crippen molar-refractivity contribution in [3.05, 3.63) is 60.3 Å². The molecule has 162 valence electrons. The standard InChI is InChI=1S/C24H28N4O3/c1-6-27(14-16(2)3)22(29)15-31-24(30)19-12-21(18-10-8-7-9-11-18)26-23-20(19)13-25-28(23)17(4)5/h7-13,17H,2,6,14-15H2,1,3-5H3. The van der Waals surface area contributed by atoms with Crippen molar-refractivity contribution >= 4 is 22.9 Å². The predicted molar refractivity (Wildman–Crippen MR) is 121 cm³/mol. The van der Waals surface area contributed by atoms with Gasteiger partial charge in [-0.25, -0.2) is 14.5 Å². The van der Waals surface area contributed by atoms with Gasteiger partial charge in [0.1, 0.15) is 0 Å². The molecule has 0 N–H and O–H groups in total. The van der Waals surface area contributed by atoms with Crippen molar-refractivity contribution in [2.75, 3.05) is 19.7 Å². The number of aromatic nitrogens is 3. The molecule has 0 fully saturated rings. The summed E-state index contributed by atoms with van der Waals surface area (Å²) in [7, 11) is 0. The molecule has 7 heteroatoms. The summed E-state index contributed by atoms with van der Waals surface area (Å²) in [4.78, 5) is 31.8. The molecule has 31 heavy (non-hydrogen) atoms. The van der Waals surface area contributed by atoms with E-state index in [4.69, 9.17) is 9.72 Å². The largest absolute Gasteiger partial charge is 0.452 e. The van der Waals surface area contributed by atoms with E-state index in [0.717, 1.165) is 11.1 Å². The van der Waals surface area contributed by atoms with Crippen LogP contribution in [0.5, 0.6) is 0 Å². The summed E-state index contributed by atoms with van der Waals surface area (Å²) in [5, 5.41) is 5.00. The number of ether oxygens (including phenoxy) is 1. The maximum Gasteiger partial charge on any atom is 0.339 e. The molecule has 0 aliphatic heterocycles. The van der Waals surface area contributed by atoms with E-state index in [1.165, 1.54) is 0 Å². The highest BCUT2D eigenvalue weighted by Gasteiger charge is 2.21. The average Bonchev–Trinajstić information content (AvgIpc) is 3.19. The van der Waals surface area contributed by atoms with Gasteiger partial charge in [-0.1, -0.05) is 42.5 Å². The number of hydrogen-bond acceptors (Lipinski definition) is 5. The zero-order chi connectivity index (χ0) is 22.5. The molecule has 0 saturated carbocycles. The molecule has 0 atom stereocenters. The van der Waals surface area contributed by atoms with Crippen LogP contribution in [0.4, 0.5) is 0 Å². The summed E-state index contributed by atoms with van der Waals surface area (Å²) in [5.74, 6) is -0.835. The van der Waals surface area contributed by atoms with Crippen LogP contribution in [0.25, 0.3) is 22.3 Å². The maximum absolute atomic E-state index is 13.0. The molecular formula is C24H28N4O3. The number of rotatable bonds is 8. The zero-order valence-corrected chi connectivity index (χ0v) is 18.5. The first-order valence-corrected chi connectivity index (χ1v) is 10.3. The average molecular weight is 421 g/mol. The fraction of sp³-hybridized carbons (Fsp3) is 0.333. The molecular weight excluding hydrogens is 392 g/mol. The van der Waals surface area contributed by atoms with Gasteiger partial charge in [0.25, 0.3) is 5.91 Å². The third kappa shape index (κ3) is 4.99. The Bertz CT molecular complexity index is 1100. The summed E-state index contributed by atoms with van der Waals surface area (Å²) < 4.78 is 7.17. The first-order chi connectivity index (χ1) is 14.8. The highest BCUT2D eigenvalue weighted by atomic mass is 16.5. The van der Waals surface area contributed by atoms with Crippen molar-refractivity contribution in [2.24, 2.45) is 0 Å².